The van der Waals surface area contributed by atoms with Gasteiger partial charge in [-0.2, -0.15) is 0 Å². The van der Waals surface area contributed by atoms with E-state index in [9.17, 15) is 0 Å². The Morgan fingerprint density at radius 1 is 0.385 bits per heavy atom. The zero-order valence-electron chi connectivity index (χ0n) is 15.6. The number of allylic oxidation sites excluding steroid dienone is 23. The van der Waals surface area contributed by atoms with Gasteiger partial charge in [-0.1, -0.05) is 153 Å². The van der Waals surface area contributed by atoms with Gasteiger partial charge in [-0.3, -0.25) is 0 Å². The number of hydrogen-bond donors (Lipinski definition) is 0. The largest absolute Gasteiger partial charge is 0.0848 e. The fourth-order valence-electron chi connectivity index (χ4n) is 1.50. The molecule has 133 valence electrons. The maximum Gasteiger partial charge on any atom is -0.0376 e. The molecule has 0 aliphatic carbocycles. The predicted molar refractivity (Wildman–Crippen MR) is 120 cm³/mol. The van der Waals surface area contributed by atoms with Crippen LogP contribution in [-0.4, -0.2) is 0 Å². The molecular weight excluding hydrogens is 312 g/mol. The normalized spacial score (nSPS) is 14.5. The molecule has 0 aliphatic rings. The van der Waals surface area contributed by atoms with E-state index in [4.69, 9.17) is 6.58 Å². The molecule has 0 fully saturated rings. The van der Waals surface area contributed by atoms with Crippen molar-refractivity contribution in [3.05, 3.63) is 146 Å². The molecule has 0 saturated carbocycles. The van der Waals surface area contributed by atoms with E-state index in [1.807, 2.05) is 115 Å². The second-order valence-electron chi connectivity index (χ2n) is 4.88. The van der Waals surface area contributed by atoms with Crippen LogP contribution >= 0.6 is 0 Å². The van der Waals surface area contributed by atoms with Gasteiger partial charge in [0.05, 0.1) is 0 Å². The monoisotopic (exact) mass is 341 g/mol. The Labute approximate surface area is 160 Å². The molecule has 0 unspecified atom stereocenters. The van der Waals surface area contributed by atoms with Crippen LogP contribution in [0.25, 0.3) is 0 Å². The molecule has 0 aliphatic heterocycles. The molecule has 0 nitrogen and oxygen atoms in total. The lowest BCUT2D eigenvalue weighted by Crippen LogP contribution is -1.54. The van der Waals surface area contributed by atoms with Gasteiger partial charge in [0.2, 0.25) is 0 Å². The van der Waals surface area contributed by atoms with E-state index < -0.39 is 0 Å². The van der Waals surface area contributed by atoms with Gasteiger partial charge in [0.1, 0.15) is 0 Å². The molecule has 0 heterocycles. The SMILES string of the molecule is [CH]=C/C=C/C=C/C=C/C=C/C=C/C=C/C=C/C=C/C=C/C=C/C=C/CC. The van der Waals surface area contributed by atoms with Crippen molar-refractivity contribution < 1.29 is 0 Å². The van der Waals surface area contributed by atoms with Crippen molar-refractivity contribution in [1.82, 2.24) is 0 Å². The summed E-state index contributed by atoms with van der Waals surface area (Å²) in [5.41, 5.74) is 0. The standard InChI is InChI=1S/C26H29/c1-3-5-7-9-11-13-15-17-19-21-23-25-26-24-22-20-18-16-14-12-10-8-6-4-2/h1,3,5-26H,4H2,2H3/b3-1?,7-5+,8-6+,11-9+,12-10+,15-13+,16-14+,19-17+,20-18+,23-21+,24-22+,26-25+. The van der Waals surface area contributed by atoms with E-state index in [-0.39, 0.29) is 0 Å². The molecule has 0 aromatic rings. The van der Waals surface area contributed by atoms with Crippen LogP contribution in [-0.2, 0) is 0 Å². The molecular formula is C26H29. The first-order valence-corrected chi connectivity index (χ1v) is 8.78. The van der Waals surface area contributed by atoms with E-state index in [2.05, 4.69) is 19.1 Å². The highest BCUT2D eigenvalue weighted by Gasteiger charge is 1.66. The minimum absolute atomic E-state index is 1.07. The van der Waals surface area contributed by atoms with Gasteiger partial charge in [0.25, 0.3) is 0 Å². The third kappa shape index (κ3) is 20.9. The lowest BCUT2D eigenvalue weighted by Gasteiger charge is -1.76. The molecule has 0 bridgehead atoms. The Balaban J connectivity index is 3.92. The summed E-state index contributed by atoms with van der Waals surface area (Å²) in [6, 6.07) is 0. The van der Waals surface area contributed by atoms with Gasteiger partial charge in [-0.25, -0.2) is 0 Å². The smallest absolute Gasteiger partial charge is 0.0376 e. The minimum Gasteiger partial charge on any atom is -0.0848 e. The molecule has 0 amide bonds. The van der Waals surface area contributed by atoms with Crippen LogP contribution < -0.4 is 0 Å². The second-order valence-corrected chi connectivity index (χ2v) is 4.88. The summed E-state index contributed by atoms with van der Waals surface area (Å²) in [5, 5.41) is 0. The van der Waals surface area contributed by atoms with E-state index in [1.54, 1.807) is 6.08 Å². The number of hydrogen-bond acceptors (Lipinski definition) is 0. The number of rotatable bonds is 12. The predicted octanol–water partition coefficient (Wildman–Crippen LogP) is 7.50. The molecule has 0 atom stereocenters. The van der Waals surface area contributed by atoms with Gasteiger partial charge in [-0.15, -0.1) is 0 Å². The lowest BCUT2D eigenvalue weighted by atomic mass is 10.3. The van der Waals surface area contributed by atoms with Crippen LogP contribution in [0.1, 0.15) is 13.3 Å². The first-order chi connectivity index (χ1) is 12.9. The summed E-state index contributed by atoms with van der Waals surface area (Å²) >= 11 is 0. The fraction of sp³-hybridized carbons (Fsp3) is 0.0769. The van der Waals surface area contributed by atoms with Crippen LogP contribution in [0.4, 0.5) is 0 Å². The molecule has 0 aromatic carbocycles. The van der Waals surface area contributed by atoms with E-state index in [0.29, 0.717) is 0 Å². The van der Waals surface area contributed by atoms with Crippen LogP contribution in [0.15, 0.2) is 140 Å². The zero-order valence-corrected chi connectivity index (χ0v) is 15.6. The quantitative estimate of drug-likeness (QED) is 0.322. The van der Waals surface area contributed by atoms with Crippen molar-refractivity contribution in [3.63, 3.8) is 0 Å². The fourth-order valence-corrected chi connectivity index (χ4v) is 1.50. The van der Waals surface area contributed by atoms with E-state index >= 15 is 0 Å². The molecule has 0 spiro atoms. The third-order valence-electron chi connectivity index (χ3n) is 2.71. The topological polar surface area (TPSA) is 0 Å². The summed E-state index contributed by atoms with van der Waals surface area (Å²) in [4.78, 5) is 0. The Hall–Kier alpha value is -3.12. The summed E-state index contributed by atoms with van der Waals surface area (Å²) in [5.74, 6) is 0. The Morgan fingerprint density at radius 3 is 0.846 bits per heavy atom. The van der Waals surface area contributed by atoms with Gasteiger partial charge in [0.15, 0.2) is 0 Å². The maximum atomic E-state index is 5.22. The molecule has 0 aromatic heterocycles. The summed E-state index contributed by atoms with van der Waals surface area (Å²) < 4.78 is 0. The van der Waals surface area contributed by atoms with E-state index in [0.717, 1.165) is 6.42 Å². The highest BCUT2D eigenvalue weighted by Crippen LogP contribution is 1.87. The van der Waals surface area contributed by atoms with Crippen molar-refractivity contribution in [1.29, 1.82) is 0 Å². The second kappa shape index (κ2) is 21.9. The van der Waals surface area contributed by atoms with Crippen LogP contribution in [0, 0.1) is 6.58 Å². The zero-order chi connectivity index (χ0) is 19.0. The first-order valence-electron chi connectivity index (χ1n) is 8.78. The molecule has 26 heavy (non-hydrogen) atoms. The van der Waals surface area contributed by atoms with Crippen molar-refractivity contribution in [2.24, 2.45) is 0 Å². The average molecular weight is 342 g/mol. The Kier molecular flexibility index (Phi) is 19.3. The summed E-state index contributed by atoms with van der Waals surface area (Å²) in [7, 11) is 0. The van der Waals surface area contributed by atoms with Crippen molar-refractivity contribution in [3.8, 4) is 0 Å². The first kappa shape index (κ1) is 22.9. The van der Waals surface area contributed by atoms with Gasteiger partial charge < -0.3 is 0 Å². The highest BCUT2D eigenvalue weighted by atomic mass is 13.7. The van der Waals surface area contributed by atoms with Crippen molar-refractivity contribution in [2.75, 3.05) is 0 Å². The van der Waals surface area contributed by atoms with Gasteiger partial charge >= 0.3 is 0 Å². The minimum atomic E-state index is 1.07. The van der Waals surface area contributed by atoms with Crippen molar-refractivity contribution >= 4 is 0 Å². The third-order valence-corrected chi connectivity index (χ3v) is 2.71. The van der Waals surface area contributed by atoms with Gasteiger partial charge in [-0.05, 0) is 6.42 Å². The maximum absolute atomic E-state index is 5.22. The van der Waals surface area contributed by atoms with Crippen LogP contribution in [0.2, 0.25) is 0 Å². The van der Waals surface area contributed by atoms with E-state index in [1.165, 1.54) is 6.08 Å². The molecule has 0 N–H and O–H groups in total. The van der Waals surface area contributed by atoms with Crippen molar-refractivity contribution in [2.45, 2.75) is 13.3 Å². The van der Waals surface area contributed by atoms with Gasteiger partial charge in [0, 0.05) is 0 Å². The summed E-state index contributed by atoms with van der Waals surface area (Å²) in [6.45, 7) is 7.34. The Morgan fingerprint density at radius 2 is 0.615 bits per heavy atom. The lowest BCUT2D eigenvalue weighted by molar-refractivity contribution is 1.22. The molecule has 0 rings (SSSR count). The Bertz CT molecular complexity index is 648. The highest BCUT2D eigenvalue weighted by molar-refractivity contribution is 5.23. The molecule has 0 heteroatoms. The molecule has 1 radical (unpaired) electrons. The summed E-state index contributed by atoms with van der Waals surface area (Å²) in [6.07, 6.45) is 46.2. The molecule has 0 saturated heterocycles. The van der Waals surface area contributed by atoms with Crippen LogP contribution in [0.3, 0.4) is 0 Å². The van der Waals surface area contributed by atoms with Crippen LogP contribution in [0.5, 0.6) is 0 Å². The average Bonchev–Trinajstić information content (AvgIpc) is 2.66.